The molecule has 2 aliphatic rings. The fourth-order valence-corrected chi connectivity index (χ4v) is 4.36. The van der Waals surface area contributed by atoms with Crippen LogP contribution in [0, 0.1) is 11.3 Å². The molecule has 3 atom stereocenters. The minimum Gasteiger partial charge on any atom is -0.297 e. The van der Waals surface area contributed by atoms with Crippen LogP contribution < -0.4 is 0 Å². The molecule has 0 aromatic heterocycles. The van der Waals surface area contributed by atoms with Gasteiger partial charge < -0.3 is 0 Å². The number of carbonyl (C=O) groups excluding carboxylic acids is 1. The molecule has 0 aromatic carbocycles. The lowest BCUT2D eigenvalue weighted by molar-refractivity contribution is -0.141. The van der Waals surface area contributed by atoms with Gasteiger partial charge in [0.2, 0.25) is 0 Å². The lowest BCUT2D eigenvalue weighted by Gasteiger charge is -2.54. The number of carbonyl (C=O) groups is 1. The molecule has 0 radical (unpaired) electrons. The molecule has 116 valence electrons. The molecule has 1 aliphatic carbocycles. The Morgan fingerprint density at radius 1 is 0.900 bits per heavy atom. The van der Waals surface area contributed by atoms with Crippen molar-refractivity contribution in [3.8, 4) is 0 Å². The van der Waals surface area contributed by atoms with Crippen LogP contribution in [0.5, 0.6) is 0 Å². The van der Waals surface area contributed by atoms with E-state index < -0.39 is 0 Å². The van der Waals surface area contributed by atoms with Crippen LogP contribution >= 0.6 is 0 Å². The smallest absolute Gasteiger partial charge is 0.155 e. The number of piperidine rings is 1. The fraction of sp³-hybridized carbons (Fsp3) is 0.944. The molecule has 2 heteroatoms. The van der Waals surface area contributed by atoms with Gasteiger partial charge in [0.25, 0.3) is 0 Å². The number of hydrogen-bond acceptors (Lipinski definition) is 2. The number of nitrogens with zero attached hydrogens (tertiary/aromatic N) is 1. The summed E-state index contributed by atoms with van der Waals surface area (Å²) in [5.41, 5.74) is -0.137. The molecule has 1 saturated carbocycles. The SMILES string of the molecule is CC(C)(C)C(=O)C1CCC2CCCCC2N1C(C)(C)C. The van der Waals surface area contributed by atoms with E-state index in [1.165, 1.54) is 32.1 Å². The first-order chi connectivity index (χ1) is 9.12. The van der Waals surface area contributed by atoms with Crippen molar-refractivity contribution in [3.63, 3.8) is 0 Å². The van der Waals surface area contributed by atoms with Gasteiger partial charge in [0.05, 0.1) is 6.04 Å². The fourth-order valence-electron chi connectivity index (χ4n) is 4.36. The molecular formula is C18H33NO. The Morgan fingerprint density at radius 2 is 1.50 bits per heavy atom. The second kappa shape index (κ2) is 5.44. The zero-order valence-electron chi connectivity index (χ0n) is 14.3. The van der Waals surface area contributed by atoms with E-state index in [-0.39, 0.29) is 17.0 Å². The number of Topliss-reactive ketones (excluding diaryl/α,β-unsaturated/α-hetero) is 1. The van der Waals surface area contributed by atoms with E-state index in [1.807, 2.05) is 0 Å². The number of hydrogen-bond donors (Lipinski definition) is 0. The Hall–Kier alpha value is -0.370. The Kier molecular flexibility index (Phi) is 4.35. The summed E-state index contributed by atoms with van der Waals surface area (Å²) in [5.74, 6) is 1.27. The van der Waals surface area contributed by atoms with Crippen molar-refractivity contribution >= 4 is 5.78 Å². The molecule has 1 heterocycles. The standard InChI is InChI=1S/C18H33NO/c1-17(2,3)16(20)15-12-11-13-9-7-8-10-14(13)19(15)18(4,5)6/h13-15H,7-12H2,1-6H3. The lowest BCUT2D eigenvalue weighted by Crippen LogP contribution is -2.63. The number of ketones is 1. The van der Waals surface area contributed by atoms with Crippen molar-refractivity contribution in [3.05, 3.63) is 0 Å². The molecular weight excluding hydrogens is 246 g/mol. The Morgan fingerprint density at radius 3 is 2.05 bits per heavy atom. The van der Waals surface area contributed by atoms with E-state index in [1.54, 1.807) is 0 Å². The quantitative estimate of drug-likeness (QED) is 0.708. The zero-order chi connectivity index (χ0) is 15.1. The van der Waals surface area contributed by atoms with Gasteiger partial charge in [-0.3, -0.25) is 9.69 Å². The maximum Gasteiger partial charge on any atom is 0.155 e. The van der Waals surface area contributed by atoms with Gasteiger partial charge >= 0.3 is 0 Å². The third kappa shape index (κ3) is 3.10. The summed E-state index contributed by atoms with van der Waals surface area (Å²) < 4.78 is 0. The van der Waals surface area contributed by atoms with Gasteiger partial charge in [-0.2, -0.15) is 0 Å². The summed E-state index contributed by atoms with van der Waals surface area (Å²) in [7, 11) is 0. The highest BCUT2D eigenvalue weighted by molar-refractivity contribution is 5.89. The van der Waals surface area contributed by atoms with Crippen LogP contribution in [0.3, 0.4) is 0 Å². The molecule has 2 fully saturated rings. The Balaban J connectivity index is 2.29. The van der Waals surface area contributed by atoms with Gasteiger partial charge in [0.1, 0.15) is 0 Å². The van der Waals surface area contributed by atoms with E-state index in [0.29, 0.717) is 11.8 Å². The van der Waals surface area contributed by atoms with Crippen molar-refractivity contribution in [2.75, 3.05) is 0 Å². The molecule has 0 spiro atoms. The molecule has 0 aromatic rings. The first-order valence-electron chi connectivity index (χ1n) is 8.45. The van der Waals surface area contributed by atoms with Crippen molar-refractivity contribution in [2.24, 2.45) is 11.3 Å². The highest BCUT2D eigenvalue weighted by atomic mass is 16.1. The van der Waals surface area contributed by atoms with E-state index in [2.05, 4.69) is 46.4 Å². The molecule has 0 amide bonds. The topological polar surface area (TPSA) is 20.3 Å². The van der Waals surface area contributed by atoms with Crippen LogP contribution in [0.2, 0.25) is 0 Å². The maximum absolute atomic E-state index is 12.9. The predicted molar refractivity (Wildman–Crippen MR) is 84.8 cm³/mol. The second-order valence-corrected chi connectivity index (χ2v) is 8.90. The summed E-state index contributed by atoms with van der Waals surface area (Å²) in [6.45, 7) is 13.1. The number of likely N-dealkylation sites (tertiary alicyclic amines) is 1. The summed E-state index contributed by atoms with van der Waals surface area (Å²) in [6.07, 6.45) is 7.70. The van der Waals surface area contributed by atoms with E-state index in [9.17, 15) is 4.79 Å². The monoisotopic (exact) mass is 279 g/mol. The lowest BCUT2D eigenvalue weighted by atomic mass is 9.71. The highest BCUT2D eigenvalue weighted by Gasteiger charge is 2.47. The van der Waals surface area contributed by atoms with Gasteiger partial charge in [0, 0.05) is 17.0 Å². The van der Waals surface area contributed by atoms with Crippen LogP contribution in [0.25, 0.3) is 0 Å². The maximum atomic E-state index is 12.9. The van der Waals surface area contributed by atoms with E-state index in [4.69, 9.17) is 0 Å². The highest BCUT2D eigenvalue weighted by Crippen LogP contribution is 2.42. The largest absolute Gasteiger partial charge is 0.297 e. The molecule has 3 unspecified atom stereocenters. The van der Waals surface area contributed by atoms with Gasteiger partial charge in [-0.1, -0.05) is 33.6 Å². The summed E-state index contributed by atoms with van der Waals surface area (Å²) in [5, 5.41) is 0. The van der Waals surface area contributed by atoms with Gasteiger partial charge in [0.15, 0.2) is 5.78 Å². The van der Waals surface area contributed by atoms with Crippen molar-refractivity contribution in [1.82, 2.24) is 4.90 Å². The number of rotatable bonds is 1. The molecule has 20 heavy (non-hydrogen) atoms. The summed E-state index contributed by atoms with van der Waals surface area (Å²) in [6, 6.07) is 0.767. The minimum atomic E-state index is -0.227. The van der Waals surface area contributed by atoms with Crippen LogP contribution in [0.15, 0.2) is 0 Å². The minimum absolute atomic E-state index is 0.0895. The van der Waals surface area contributed by atoms with Gasteiger partial charge in [-0.15, -0.1) is 0 Å². The van der Waals surface area contributed by atoms with Crippen LogP contribution in [-0.2, 0) is 4.79 Å². The van der Waals surface area contributed by atoms with Gasteiger partial charge in [-0.05, 0) is 52.4 Å². The van der Waals surface area contributed by atoms with E-state index in [0.717, 1.165) is 12.3 Å². The normalized spacial score (nSPS) is 32.8. The van der Waals surface area contributed by atoms with Crippen LogP contribution in [-0.4, -0.2) is 28.3 Å². The average Bonchev–Trinajstić information content (AvgIpc) is 2.34. The summed E-state index contributed by atoms with van der Waals surface area (Å²) >= 11 is 0. The molecule has 1 aliphatic heterocycles. The predicted octanol–water partition coefficient (Wildman–Crippen LogP) is 4.42. The van der Waals surface area contributed by atoms with Crippen molar-refractivity contribution in [2.45, 2.75) is 97.7 Å². The van der Waals surface area contributed by atoms with Gasteiger partial charge in [-0.25, -0.2) is 0 Å². The molecule has 2 nitrogen and oxygen atoms in total. The first kappa shape index (κ1) is 16.0. The van der Waals surface area contributed by atoms with Crippen molar-refractivity contribution < 1.29 is 4.79 Å². The molecule has 1 saturated heterocycles. The molecule has 2 rings (SSSR count). The third-order valence-corrected chi connectivity index (χ3v) is 5.19. The van der Waals surface area contributed by atoms with E-state index >= 15 is 0 Å². The Bertz CT molecular complexity index is 361. The summed E-state index contributed by atoms with van der Waals surface area (Å²) in [4.78, 5) is 15.5. The average molecular weight is 279 g/mol. The van der Waals surface area contributed by atoms with Crippen LogP contribution in [0.4, 0.5) is 0 Å². The number of fused-ring (bicyclic) bond motifs is 1. The third-order valence-electron chi connectivity index (χ3n) is 5.19. The second-order valence-electron chi connectivity index (χ2n) is 8.90. The molecule has 0 N–H and O–H groups in total. The zero-order valence-corrected chi connectivity index (χ0v) is 14.3. The van der Waals surface area contributed by atoms with Crippen molar-refractivity contribution in [1.29, 1.82) is 0 Å². The Labute approximate surface area is 125 Å². The first-order valence-corrected chi connectivity index (χ1v) is 8.45. The molecule has 0 bridgehead atoms. The van der Waals surface area contributed by atoms with Crippen LogP contribution in [0.1, 0.15) is 80.1 Å².